The maximum absolute atomic E-state index is 11.9. The maximum atomic E-state index is 11.9. The summed E-state index contributed by atoms with van der Waals surface area (Å²) in [5, 5.41) is 0. The number of amides is 1. The Labute approximate surface area is 126 Å². The molecule has 1 amide bonds. The van der Waals surface area contributed by atoms with E-state index in [1.165, 1.54) is 5.56 Å². The molecule has 0 saturated carbocycles. The van der Waals surface area contributed by atoms with Crippen molar-refractivity contribution < 1.29 is 14.3 Å². The molecule has 1 aliphatic rings. The summed E-state index contributed by atoms with van der Waals surface area (Å²) in [7, 11) is 0. The standard InChI is InChI=1S/C17H23NO3/c1-2-3-12-21-17(20)18-10-8-16(9-11-18)15-6-4-14(13-19)5-7-15/h4-7,13,16H,2-3,8-12H2,1H3. The van der Waals surface area contributed by atoms with Crippen LogP contribution in [0.3, 0.4) is 0 Å². The number of hydrogen-bond donors (Lipinski definition) is 0. The number of benzene rings is 1. The second kappa shape index (κ2) is 7.81. The molecule has 4 heteroatoms. The molecule has 1 aromatic rings. The third-order valence-electron chi connectivity index (χ3n) is 4.02. The highest BCUT2D eigenvalue weighted by Crippen LogP contribution is 2.28. The van der Waals surface area contributed by atoms with E-state index in [2.05, 4.69) is 6.92 Å². The van der Waals surface area contributed by atoms with Crippen LogP contribution in [0.25, 0.3) is 0 Å². The van der Waals surface area contributed by atoms with Crippen LogP contribution in [0.2, 0.25) is 0 Å². The quantitative estimate of drug-likeness (QED) is 0.614. The van der Waals surface area contributed by atoms with Crippen molar-refractivity contribution in [1.82, 2.24) is 4.90 Å². The number of likely N-dealkylation sites (tertiary alicyclic amines) is 1. The normalized spacial score (nSPS) is 15.8. The Balaban J connectivity index is 1.82. The second-order valence-corrected chi connectivity index (χ2v) is 5.51. The number of nitrogens with zero attached hydrogens (tertiary/aromatic N) is 1. The molecule has 0 aromatic heterocycles. The first-order valence-electron chi connectivity index (χ1n) is 7.71. The molecule has 1 aliphatic heterocycles. The Morgan fingerprint density at radius 2 is 1.95 bits per heavy atom. The van der Waals surface area contributed by atoms with Crippen molar-refractivity contribution in [3.63, 3.8) is 0 Å². The van der Waals surface area contributed by atoms with Gasteiger partial charge in [-0.1, -0.05) is 37.6 Å². The van der Waals surface area contributed by atoms with Crippen LogP contribution in [-0.2, 0) is 4.74 Å². The fourth-order valence-corrected chi connectivity index (χ4v) is 2.64. The van der Waals surface area contributed by atoms with Gasteiger partial charge in [0.1, 0.15) is 6.29 Å². The molecule has 1 aromatic carbocycles. The summed E-state index contributed by atoms with van der Waals surface area (Å²) in [6.45, 7) is 4.08. The van der Waals surface area contributed by atoms with E-state index in [9.17, 15) is 9.59 Å². The molecule has 0 aliphatic carbocycles. The van der Waals surface area contributed by atoms with Crippen molar-refractivity contribution >= 4 is 12.4 Å². The van der Waals surface area contributed by atoms with Gasteiger partial charge < -0.3 is 9.64 Å². The average Bonchev–Trinajstić information content (AvgIpc) is 2.55. The smallest absolute Gasteiger partial charge is 0.409 e. The second-order valence-electron chi connectivity index (χ2n) is 5.51. The Kier molecular flexibility index (Phi) is 5.78. The zero-order chi connectivity index (χ0) is 15.1. The summed E-state index contributed by atoms with van der Waals surface area (Å²) in [6, 6.07) is 7.74. The number of carbonyl (C=O) groups excluding carboxylic acids is 2. The molecule has 0 spiro atoms. The SMILES string of the molecule is CCCCOC(=O)N1CCC(c2ccc(C=O)cc2)CC1. The topological polar surface area (TPSA) is 46.6 Å². The highest BCUT2D eigenvalue weighted by Gasteiger charge is 2.24. The number of piperidine rings is 1. The van der Waals surface area contributed by atoms with Gasteiger partial charge in [0.2, 0.25) is 0 Å². The highest BCUT2D eigenvalue weighted by molar-refractivity contribution is 5.74. The summed E-state index contributed by atoms with van der Waals surface area (Å²) in [4.78, 5) is 24.3. The zero-order valence-electron chi connectivity index (χ0n) is 12.6. The lowest BCUT2D eigenvalue weighted by Gasteiger charge is -2.31. The van der Waals surface area contributed by atoms with E-state index >= 15 is 0 Å². The van der Waals surface area contributed by atoms with Crippen LogP contribution in [0, 0.1) is 0 Å². The predicted molar refractivity (Wildman–Crippen MR) is 81.6 cm³/mol. The van der Waals surface area contributed by atoms with Crippen molar-refractivity contribution in [2.45, 2.75) is 38.5 Å². The lowest BCUT2D eigenvalue weighted by molar-refractivity contribution is 0.0915. The van der Waals surface area contributed by atoms with E-state index in [0.717, 1.165) is 45.1 Å². The van der Waals surface area contributed by atoms with Crippen molar-refractivity contribution in [3.8, 4) is 0 Å². The Hall–Kier alpha value is -1.84. The van der Waals surface area contributed by atoms with E-state index in [1.54, 1.807) is 4.90 Å². The fraction of sp³-hybridized carbons (Fsp3) is 0.529. The predicted octanol–water partition coefficient (Wildman–Crippen LogP) is 3.62. The first-order valence-corrected chi connectivity index (χ1v) is 7.71. The molecule has 21 heavy (non-hydrogen) atoms. The van der Waals surface area contributed by atoms with Crippen LogP contribution in [0.1, 0.15) is 54.4 Å². The van der Waals surface area contributed by atoms with Crippen LogP contribution in [-0.4, -0.2) is 37.0 Å². The molecule has 0 atom stereocenters. The zero-order valence-corrected chi connectivity index (χ0v) is 12.6. The number of aldehydes is 1. The van der Waals surface area contributed by atoms with E-state index < -0.39 is 0 Å². The summed E-state index contributed by atoms with van der Waals surface area (Å²) >= 11 is 0. The highest BCUT2D eigenvalue weighted by atomic mass is 16.6. The third kappa shape index (κ3) is 4.31. The number of hydrogen-bond acceptors (Lipinski definition) is 3. The summed E-state index contributed by atoms with van der Waals surface area (Å²) in [5.74, 6) is 0.463. The minimum absolute atomic E-state index is 0.182. The van der Waals surface area contributed by atoms with E-state index in [4.69, 9.17) is 4.74 Å². The molecule has 114 valence electrons. The lowest BCUT2D eigenvalue weighted by Crippen LogP contribution is -2.38. The van der Waals surface area contributed by atoms with Crippen LogP contribution in [0.4, 0.5) is 4.79 Å². The van der Waals surface area contributed by atoms with Crippen LogP contribution in [0.5, 0.6) is 0 Å². The molecule has 1 heterocycles. The van der Waals surface area contributed by atoms with Gasteiger partial charge >= 0.3 is 6.09 Å². The van der Waals surface area contributed by atoms with Crippen molar-refractivity contribution in [2.75, 3.05) is 19.7 Å². The van der Waals surface area contributed by atoms with Crippen molar-refractivity contribution in [3.05, 3.63) is 35.4 Å². The molecular formula is C17H23NO3. The molecule has 0 radical (unpaired) electrons. The molecule has 1 saturated heterocycles. The molecule has 0 unspecified atom stereocenters. The maximum Gasteiger partial charge on any atom is 0.409 e. The van der Waals surface area contributed by atoms with Crippen LogP contribution in [0.15, 0.2) is 24.3 Å². The van der Waals surface area contributed by atoms with Gasteiger partial charge in [0.05, 0.1) is 6.61 Å². The number of ether oxygens (including phenoxy) is 1. The van der Waals surface area contributed by atoms with Gasteiger partial charge in [-0.2, -0.15) is 0 Å². The van der Waals surface area contributed by atoms with Gasteiger partial charge in [0.15, 0.2) is 0 Å². The minimum Gasteiger partial charge on any atom is -0.449 e. The number of carbonyl (C=O) groups is 2. The molecule has 0 bridgehead atoms. The van der Waals surface area contributed by atoms with Crippen molar-refractivity contribution in [2.24, 2.45) is 0 Å². The van der Waals surface area contributed by atoms with E-state index in [-0.39, 0.29) is 6.09 Å². The summed E-state index contributed by atoms with van der Waals surface area (Å²) in [5.41, 5.74) is 1.95. The van der Waals surface area contributed by atoms with Crippen LogP contribution >= 0.6 is 0 Å². The third-order valence-corrected chi connectivity index (χ3v) is 4.02. The van der Waals surface area contributed by atoms with Gasteiger partial charge in [-0.3, -0.25) is 4.79 Å². The fourth-order valence-electron chi connectivity index (χ4n) is 2.64. The van der Waals surface area contributed by atoms with E-state index in [1.807, 2.05) is 24.3 Å². The van der Waals surface area contributed by atoms with Gasteiger partial charge in [-0.15, -0.1) is 0 Å². The minimum atomic E-state index is -0.182. The van der Waals surface area contributed by atoms with Gasteiger partial charge in [-0.25, -0.2) is 4.79 Å². The van der Waals surface area contributed by atoms with Gasteiger partial charge in [-0.05, 0) is 30.7 Å². The van der Waals surface area contributed by atoms with Crippen molar-refractivity contribution in [1.29, 1.82) is 0 Å². The lowest BCUT2D eigenvalue weighted by atomic mass is 9.89. The Morgan fingerprint density at radius 1 is 1.29 bits per heavy atom. The Bertz CT molecular complexity index is 461. The number of rotatable bonds is 5. The molecule has 0 N–H and O–H groups in total. The summed E-state index contributed by atoms with van der Waals surface area (Å²) < 4.78 is 5.24. The molecule has 2 rings (SSSR count). The monoisotopic (exact) mass is 289 g/mol. The van der Waals surface area contributed by atoms with Gasteiger partial charge in [0, 0.05) is 18.7 Å². The summed E-state index contributed by atoms with van der Waals surface area (Å²) in [6.07, 6.45) is 4.53. The van der Waals surface area contributed by atoms with Crippen LogP contribution < -0.4 is 0 Å². The van der Waals surface area contributed by atoms with E-state index in [0.29, 0.717) is 18.1 Å². The molecule has 4 nitrogen and oxygen atoms in total. The average molecular weight is 289 g/mol. The van der Waals surface area contributed by atoms with Gasteiger partial charge in [0.25, 0.3) is 0 Å². The first-order chi connectivity index (χ1) is 10.2. The first kappa shape index (κ1) is 15.5. The number of unbranched alkanes of at least 4 members (excludes halogenated alkanes) is 1. The Morgan fingerprint density at radius 3 is 2.52 bits per heavy atom. The largest absolute Gasteiger partial charge is 0.449 e. The molecular weight excluding hydrogens is 266 g/mol. The molecule has 1 fully saturated rings.